The maximum atomic E-state index is 12.2. The molecule has 1 fully saturated rings. The number of hydrogen-bond donors (Lipinski definition) is 0. The molecule has 1 saturated heterocycles. The predicted molar refractivity (Wildman–Crippen MR) is 143 cm³/mol. The molecule has 41 heavy (non-hydrogen) atoms. The lowest BCUT2D eigenvalue weighted by molar-refractivity contribution is -0.254. The van der Waals surface area contributed by atoms with Crippen LogP contribution >= 0.6 is 11.6 Å². The lowest BCUT2D eigenvalue weighted by Gasteiger charge is -2.44. The van der Waals surface area contributed by atoms with E-state index in [1.165, 1.54) is 20.8 Å². The van der Waals surface area contributed by atoms with E-state index >= 15 is 0 Å². The molecule has 0 aromatic heterocycles. The molecule has 1 aliphatic rings. The van der Waals surface area contributed by atoms with Crippen molar-refractivity contribution in [3.63, 3.8) is 0 Å². The van der Waals surface area contributed by atoms with Crippen LogP contribution < -0.4 is 4.74 Å². The Morgan fingerprint density at radius 2 is 1.32 bits per heavy atom. The lowest BCUT2D eigenvalue weighted by Crippen LogP contribution is -2.59. The summed E-state index contributed by atoms with van der Waals surface area (Å²) in [5, 5.41) is 0.448. The first-order valence-corrected chi connectivity index (χ1v) is 13.1. The van der Waals surface area contributed by atoms with Crippen molar-refractivity contribution in [2.45, 2.75) is 71.6 Å². The molecule has 2 aromatic rings. The first-order chi connectivity index (χ1) is 19.3. The molecule has 0 aliphatic carbocycles. The summed E-state index contributed by atoms with van der Waals surface area (Å²) in [5.74, 6) is -2.76. The Bertz CT molecular complexity index is 1290. The topological polar surface area (TPSA) is 141 Å². The summed E-state index contributed by atoms with van der Waals surface area (Å²) in [6.45, 7) is 5.69. The minimum absolute atomic E-state index is 0.330. The second-order valence-corrected chi connectivity index (χ2v) is 9.79. The predicted octanol–water partition coefficient (Wildman–Crippen LogP) is 3.65. The fraction of sp³-hybridized carbons (Fsp3) is 0.414. The summed E-state index contributed by atoms with van der Waals surface area (Å²) in [6.07, 6.45) is -5.48. The molecule has 1 heterocycles. The van der Waals surface area contributed by atoms with Gasteiger partial charge >= 0.3 is 29.8 Å². The van der Waals surface area contributed by atoms with Crippen molar-refractivity contribution in [2.24, 2.45) is 0 Å². The van der Waals surface area contributed by atoms with E-state index in [1.807, 2.05) is 0 Å². The molecule has 2 unspecified atom stereocenters. The van der Waals surface area contributed by atoms with Crippen LogP contribution in [0.1, 0.15) is 57.4 Å². The summed E-state index contributed by atoms with van der Waals surface area (Å²) < 4.78 is 33.0. The van der Waals surface area contributed by atoms with E-state index in [-0.39, 0.29) is 6.61 Å². The molecule has 0 amide bonds. The zero-order valence-corrected chi connectivity index (χ0v) is 24.0. The number of carbonyl (C=O) groups is 5. The van der Waals surface area contributed by atoms with Gasteiger partial charge in [0.2, 0.25) is 0 Å². The Morgan fingerprint density at radius 3 is 1.88 bits per heavy atom. The summed E-state index contributed by atoms with van der Waals surface area (Å²) in [5.41, 5.74) is 2.07. The number of carbonyl (C=O) groups excluding carboxylic acids is 5. The standard InChI is InChI=1S/C29H31ClO11/c1-15(31)36-14-25-27(38-17(3)33)29(40-19(5)35)28(39-18(4)34)26(41-25)21-8-11-24(30)22(13-21)12-20-6-9-23(10-7-20)37-16(2)32/h6-11,13,25-29H,12,14H2,1-5H3/t25?,26-,27+,28-,29?/m0/s1. The average molecular weight is 591 g/mol. The zero-order valence-electron chi connectivity index (χ0n) is 23.2. The fourth-order valence-electron chi connectivity index (χ4n) is 4.47. The third-order valence-corrected chi connectivity index (χ3v) is 6.34. The highest BCUT2D eigenvalue weighted by Gasteiger charge is 2.52. The fourth-order valence-corrected chi connectivity index (χ4v) is 4.65. The summed E-state index contributed by atoms with van der Waals surface area (Å²) in [6, 6.07) is 12.0. The lowest BCUT2D eigenvalue weighted by atomic mass is 9.89. The minimum atomic E-state index is -1.28. The highest BCUT2D eigenvalue weighted by molar-refractivity contribution is 6.31. The van der Waals surface area contributed by atoms with E-state index < -0.39 is 60.4 Å². The van der Waals surface area contributed by atoms with Crippen LogP contribution in [0.2, 0.25) is 5.02 Å². The van der Waals surface area contributed by atoms with Gasteiger partial charge in [0.15, 0.2) is 18.3 Å². The smallest absolute Gasteiger partial charge is 0.308 e. The summed E-state index contributed by atoms with van der Waals surface area (Å²) in [4.78, 5) is 59.0. The van der Waals surface area contributed by atoms with Gasteiger partial charge in [-0.05, 0) is 41.3 Å². The van der Waals surface area contributed by atoms with E-state index in [1.54, 1.807) is 42.5 Å². The highest BCUT2D eigenvalue weighted by Crippen LogP contribution is 2.39. The average Bonchev–Trinajstić information content (AvgIpc) is 2.86. The molecule has 2 aromatic carbocycles. The van der Waals surface area contributed by atoms with Crippen LogP contribution in [0.5, 0.6) is 5.75 Å². The van der Waals surface area contributed by atoms with Crippen LogP contribution in [0, 0.1) is 0 Å². The van der Waals surface area contributed by atoms with Gasteiger partial charge in [-0.3, -0.25) is 24.0 Å². The SMILES string of the molecule is CC(=O)OCC1O[C@@H](c2ccc(Cl)c(Cc3ccc(OC(C)=O)cc3)c2)[C@H](OC(C)=O)C(OC(C)=O)[C@@H]1OC(C)=O. The number of halogens is 1. The Kier molecular flexibility index (Phi) is 10.8. The maximum Gasteiger partial charge on any atom is 0.308 e. The van der Waals surface area contributed by atoms with Gasteiger partial charge in [0.05, 0.1) is 0 Å². The molecule has 12 heteroatoms. The van der Waals surface area contributed by atoms with Crippen LogP contribution in [0.4, 0.5) is 0 Å². The van der Waals surface area contributed by atoms with Crippen molar-refractivity contribution >= 4 is 41.4 Å². The molecule has 0 radical (unpaired) electrons. The molecular formula is C29H31ClO11. The third-order valence-electron chi connectivity index (χ3n) is 5.97. The van der Waals surface area contributed by atoms with Crippen molar-refractivity contribution in [3.8, 4) is 5.75 Å². The number of benzene rings is 2. The molecule has 11 nitrogen and oxygen atoms in total. The van der Waals surface area contributed by atoms with Crippen molar-refractivity contribution < 1.29 is 52.4 Å². The largest absolute Gasteiger partial charge is 0.463 e. The first-order valence-electron chi connectivity index (χ1n) is 12.7. The quantitative estimate of drug-likeness (QED) is 0.240. The van der Waals surface area contributed by atoms with Crippen LogP contribution in [0.15, 0.2) is 42.5 Å². The van der Waals surface area contributed by atoms with Gasteiger partial charge in [-0.25, -0.2) is 0 Å². The Balaban J connectivity index is 2.02. The van der Waals surface area contributed by atoms with Gasteiger partial charge in [-0.15, -0.1) is 0 Å². The third kappa shape index (κ3) is 9.02. The van der Waals surface area contributed by atoms with E-state index in [2.05, 4.69) is 0 Å². The van der Waals surface area contributed by atoms with Gasteiger partial charge in [-0.1, -0.05) is 35.9 Å². The van der Waals surface area contributed by atoms with Gasteiger partial charge < -0.3 is 28.4 Å². The summed E-state index contributed by atoms with van der Waals surface area (Å²) in [7, 11) is 0. The molecule has 0 saturated carbocycles. The molecule has 220 valence electrons. The summed E-state index contributed by atoms with van der Waals surface area (Å²) >= 11 is 6.52. The number of rotatable bonds is 9. The van der Waals surface area contributed by atoms with Crippen LogP contribution in [-0.4, -0.2) is 60.9 Å². The first kappa shape index (κ1) is 31.6. The van der Waals surface area contributed by atoms with E-state index in [9.17, 15) is 24.0 Å². The molecular weight excluding hydrogens is 560 g/mol. The van der Waals surface area contributed by atoms with Crippen molar-refractivity contribution in [3.05, 3.63) is 64.2 Å². The molecule has 3 rings (SSSR count). The Morgan fingerprint density at radius 1 is 0.732 bits per heavy atom. The normalized spacial score (nSPS) is 21.8. The number of hydrogen-bond acceptors (Lipinski definition) is 11. The van der Waals surface area contributed by atoms with Crippen molar-refractivity contribution in [2.75, 3.05) is 6.61 Å². The second-order valence-electron chi connectivity index (χ2n) is 9.39. The van der Waals surface area contributed by atoms with Gasteiger partial charge in [0.25, 0.3) is 0 Å². The molecule has 0 N–H and O–H groups in total. The molecule has 1 aliphatic heterocycles. The van der Waals surface area contributed by atoms with Crippen molar-refractivity contribution in [1.29, 1.82) is 0 Å². The Hall–Kier alpha value is -3.96. The van der Waals surface area contributed by atoms with Gasteiger partial charge in [-0.2, -0.15) is 0 Å². The van der Waals surface area contributed by atoms with E-state index in [0.717, 1.165) is 19.4 Å². The van der Waals surface area contributed by atoms with Gasteiger partial charge in [0, 0.05) is 39.6 Å². The van der Waals surface area contributed by atoms with Crippen LogP contribution in [0.3, 0.4) is 0 Å². The highest BCUT2D eigenvalue weighted by atomic mass is 35.5. The second kappa shape index (κ2) is 14.1. The van der Waals surface area contributed by atoms with Crippen molar-refractivity contribution in [1.82, 2.24) is 0 Å². The monoisotopic (exact) mass is 590 g/mol. The molecule has 0 bridgehead atoms. The van der Waals surface area contributed by atoms with Gasteiger partial charge in [0.1, 0.15) is 24.6 Å². The van der Waals surface area contributed by atoms with E-state index in [4.69, 9.17) is 40.0 Å². The maximum absolute atomic E-state index is 12.2. The number of esters is 5. The van der Waals surface area contributed by atoms with Crippen LogP contribution in [0.25, 0.3) is 0 Å². The molecule has 0 spiro atoms. The number of ether oxygens (including phenoxy) is 6. The minimum Gasteiger partial charge on any atom is -0.463 e. The Labute approximate surface area is 241 Å². The molecule has 5 atom stereocenters. The van der Waals surface area contributed by atoms with Crippen LogP contribution in [-0.2, 0) is 54.1 Å². The zero-order chi connectivity index (χ0) is 30.3. The van der Waals surface area contributed by atoms with E-state index in [0.29, 0.717) is 28.3 Å².